The number of aliphatic hydroxyl groups is 1. The van der Waals surface area contributed by atoms with Crippen LogP contribution in [0.15, 0.2) is 4.99 Å². The first-order valence-electron chi connectivity index (χ1n) is 8.12. The number of nitrogens with one attached hydrogen (secondary N) is 1. The van der Waals surface area contributed by atoms with E-state index in [9.17, 15) is 5.11 Å². The van der Waals surface area contributed by atoms with Crippen molar-refractivity contribution in [1.82, 2.24) is 10.2 Å². The predicted molar refractivity (Wildman–Crippen MR) is 96.4 cm³/mol. The summed E-state index contributed by atoms with van der Waals surface area (Å²) in [4.78, 5) is 6.78. The van der Waals surface area contributed by atoms with Crippen LogP contribution in [0, 0.1) is 0 Å². The van der Waals surface area contributed by atoms with E-state index in [4.69, 9.17) is 4.74 Å². The molecule has 1 aliphatic carbocycles. The third-order valence-electron chi connectivity index (χ3n) is 4.02. The van der Waals surface area contributed by atoms with Crippen LogP contribution >= 0.6 is 24.0 Å². The molecule has 1 atom stereocenters. The van der Waals surface area contributed by atoms with Crippen LogP contribution in [0.25, 0.3) is 0 Å². The molecule has 0 amide bonds. The summed E-state index contributed by atoms with van der Waals surface area (Å²) in [6, 6.07) is 0. The van der Waals surface area contributed by atoms with Gasteiger partial charge in [0.05, 0.1) is 12.2 Å². The number of guanidine groups is 1. The third kappa shape index (κ3) is 6.69. The molecule has 2 N–H and O–H groups in total. The van der Waals surface area contributed by atoms with Gasteiger partial charge in [0.25, 0.3) is 0 Å². The van der Waals surface area contributed by atoms with E-state index in [0.29, 0.717) is 12.6 Å². The van der Waals surface area contributed by atoms with Gasteiger partial charge in [0.15, 0.2) is 5.96 Å². The standard InChI is InChI=1S/C15H29N3O2.HI/c1-2-16-15(18-10-8-13(19)12-18)17-9-5-11-20-14-6-3-4-7-14;/h13-14,19H,2-12H2,1H3,(H,16,17);1H/t13-;/m1./s1. The van der Waals surface area contributed by atoms with Crippen molar-refractivity contribution in [3.63, 3.8) is 0 Å². The first kappa shape index (κ1) is 19.0. The molecule has 1 saturated heterocycles. The number of aliphatic imine (C=N–C) groups is 1. The molecule has 6 heteroatoms. The van der Waals surface area contributed by atoms with Gasteiger partial charge in [0.1, 0.15) is 0 Å². The van der Waals surface area contributed by atoms with Gasteiger partial charge >= 0.3 is 0 Å². The zero-order valence-corrected chi connectivity index (χ0v) is 15.4. The van der Waals surface area contributed by atoms with Crippen LogP contribution in [0.2, 0.25) is 0 Å². The molecule has 0 spiro atoms. The second-order valence-electron chi connectivity index (χ2n) is 5.75. The smallest absolute Gasteiger partial charge is 0.194 e. The maximum atomic E-state index is 9.60. The highest BCUT2D eigenvalue weighted by Gasteiger charge is 2.22. The van der Waals surface area contributed by atoms with E-state index in [2.05, 4.69) is 22.1 Å². The van der Waals surface area contributed by atoms with Crippen LogP contribution in [0.1, 0.15) is 45.4 Å². The van der Waals surface area contributed by atoms with E-state index in [1.807, 2.05) is 0 Å². The quantitative estimate of drug-likeness (QED) is 0.304. The second-order valence-corrected chi connectivity index (χ2v) is 5.75. The molecule has 2 rings (SSSR count). The number of nitrogens with zero attached hydrogens (tertiary/aromatic N) is 2. The molecule has 1 heterocycles. The number of rotatable bonds is 6. The summed E-state index contributed by atoms with van der Waals surface area (Å²) in [6.07, 6.45) is 7.23. The van der Waals surface area contributed by atoms with Crippen LogP contribution in [0.5, 0.6) is 0 Å². The lowest BCUT2D eigenvalue weighted by Crippen LogP contribution is -2.40. The Bertz CT molecular complexity index is 309. The Labute approximate surface area is 145 Å². The summed E-state index contributed by atoms with van der Waals surface area (Å²) in [5, 5.41) is 12.9. The maximum Gasteiger partial charge on any atom is 0.194 e. The zero-order chi connectivity index (χ0) is 14.2. The number of hydrogen-bond acceptors (Lipinski definition) is 3. The van der Waals surface area contributed by atoms with E-state index in [1.165, 1.54) is 25.7 Å². The number of aliphatic hydroxyl groups excluding tert-OH is 1. The Morgan fingerprint density at radius 3 is 2.71 bits per heavy atom. The monoisotopic (exact) mass is 411 g/mol. The average molecular weight is 411 g/mol. The van der Waals surface area contributed by atoms with Crippen molar-refractivity contribution in [3.05, 3.63) is 0 Å². The zero-order valence-electron chi connectivity index (χ0n) is 13.1. The highest BCUT2D eigenvalue weighted by Crippen LogP contribution is 2.20. The minimum absolute atomic E-state index is 0. The molecule has 5 nitrogen and oxygen atoms in total. The van der Waals surface area contributed by atoms with Crippen molar-refractivity contribution in [2.75, 3.05) is 32.8 Å². The van der Waals surface area contributed by atoms with E-state index in [0.717, 1.165) is 45.0 Å². The van der Waals surface area contributed by atoms with Gasteiger partial charge in [0.2, 0.25) is 0 Å². The highest BCUT2D eigenvalue weighted by molar-refractivity contribution is 14.0. The van der Waals surface area contributed by atoms with Crippen molar-refractivity contribution >= 4 is 29.9 Å². The lowest BCUT2D eigenvalue weighted by Gasteiger charge is -2.21. The Hall–Kier alpha value is -0.0800. The molecule has 21 heavy (non-hydrogen) atoms. The third-order valence-corrected chi connectivity index (χ3v) is 4.02. The van der Waals surface area contributed by atoms with Crippen LogP contribution in [-0.4, -0.2) is 61.0 Å². The van der Waals surface area contributed by atoms with Gasteiger partial charge < -0.3 is 20.1 Å². The van der Waals surface area contributed by atoms with Crippen LogP contribution < -0.4 is 5.32 Å². The maximum absolute atomic E-state index is 9.60. The molecule has 0 aromatic rings. The van der Waals surface area contributed by atoms with Crippen molar-refractivity contribution in [1.29, 1.82) is 0 Å². The molecule has 1 aliphatic heterocycles. The normalized spacial score (nSPS) is 23.4. The Kier molecular flexibility index (Phi) is 9.59. The van der Waals surface area contributed by atoms with Gasteiger partial charge in [-0.3, -0.25) is 4.99 Å². The van der Waals surface area contributed by atoms with Crippen molar-refractivity contribution < 1.29 is 9.84 Å². The van der Waals surface area contributed by atoms with Gasteiger partial charge in [-0.1, -0.05) is 12.8 Å². The molecular formula is C15H30IN3O2. The number of ether oxygens (including phenoxy) is 1. The summed E-state index contributed by atoms with van der Waals surface area (Å²) >= 11 is 0. The van der Waals surface area contributed by atoms with E-state index in [1.54, 1.807) is 0 Å². The topological polar surface area (TPSA) is 57.1 Å². The molecule has 0 unspecified atom stereocenters. The first-order chi connectivity index (χ1) is 9.79. The van der Waals surface area contributed by atoms with Crippen LogP contribution in [0.3, 0.4) is 0 Å². The Balaban J connectivity index is 0.00000220. The predicted octanol–water partition coefficient (Wildman–Crippen LogP) is 1.99. The lowest BCUT2D eigenvalue weighted by molar-refractivity contribution is 0.0579. The van der Waals surface area contributed by atoms with Crippen LogP contribution in [0.4, 0.5) is 0 Å². The molecule has 1 saturated carbocycles. The summed E-state index contributed by atoms with van der Waals surface area (Å²) in [6.45, 7) is 6.14. The number of likely N-dealkylation sites (tertiary alicyclic amines) is 1. The second kappa shape index (κ2) is 10.6. The molecule has 2 fully saturated rings. The largest absolute Gasteiger partial charge is 0.391 e. The highest BCUT2D eigenvalue weighted by atomic mass is 127. The average Bonchev–Trinajstić information content (AvgIpc) is 3.08. The molecule has 0 bridgehead atoms. The summed E-state index contributed by atoms with van der Waals surface area (Å²) in [5.74, 6) is 0.935. The molecule has 124 valence electrons. The number of β-amino-alcohol motifs (C(OH)–C–C–N with tert-alkyl or cyclic N) is 1. The minimum Gasteiger partial charge on any atom is -0.391 e. The van der Waals surface area contributed by atoms with E-state index >= 15 is 0 Å². The van der Waals surface area contributed by atoms with Gasteiger partial charge in [-0.2, -0.15) is 0 Å². The minimum atomic E-state index is -0.204. The van der Waals surface area contributed by atoms with Gasteiger partial charge in [-0.25, -0.2) is 0 Å². The fourth-order valence-corrected chi connectivity index (χ4v) is 2.91. The van der Waals surface area contributed by atoms with Gasteiger partial charge in [-0.05, 0) is 32.6 Å². The summed E-state index contributed by atoms with van der Waals surface area (Å²) in [5.41, 5.74) is 0. The van der Waals surface area contributed by atoms with Crippen molar-refractivity contribution in [2.24, 2.45) is 4.99 Å². The van der Waals surface area contributed by atoms with Crippen molar-refractivity contribution in [2.45, 2.75) is 57.7 Å². The molecule has 0 radical (unpaired) electrons. The number of hydrogen-bond donors (Lipinski definition) is 2. The van der Waals surface area contributed by atoms with Gasteiger partial charge in [-0.15, -0.1) is 24.0 Å². The van der Waals surface area contributed by atoms with Gasteiger partial charge in [0, 0.05) is 32.8 Å². The fourth-order valence-electron chi connectivity index (χ4n) is 2.91. The Morgan fingerprint density at radius 1 is 1.33 bits per heavy atom. The lowest BCUT2D eigenvalue weighted by atomic mass is 10.3. The van der Waals surface area contributed by atoms with E-state index < -0.39 is 0 Å². The Morgan fingerprint density at radius 2 is 2.10 bits per heavy atom. The van der Waals surface area contributed by atoms with E-state index in [-0.39, 0.29) is 30.1 Å². The van der Waals surface area contributed by atoms with Crippen molar-refractivity contribution in [3.8, 4) is 0 Å². The molecular weight excluding hydrogens is 381 g/mol. The fraction of sp³-hybridized carbons (Fsp3) is 0.933. The molecule has 0 aromatic heterocycles. The molecule has 2 aliphatic rings. The molecule has 0 aromatic carbocycles. The summed E-state index contributed by atoms with van der Waals surface area (Å²) < 4.78 is 5.84. The number of halogens is 1. The summed E-state index contributed by atoms with van der Waals surface area (Å²) in [7, 11) is 0. The van der Waals surface area contributed by atoms with Crippen LogP contribution in [-0.2, 0) is 4.74 Å². The first-order valence-corrected chi connectivity index (χ1v) is 8.12. The SMILES string of the molecule is CCNC(=NCCCOC1CCCC1)N1CC[C@@H](O)C1.I.